The van der Waals surface area contributed by atoms with Crippen LogP contribution in [0.3, 0.4) is 0 Å². The van der Waals surface area contributed by atoms with E-state index in [1.54, 1.807) is 41.5 Å². The Hall–Kier alpha value is -2.50. The second kappa shape index (κ2) is 22.2. The van der Waals surface area contributed by atoms with Crippen LogP contribution >= 0.6 is 9.24 Å². The Morgan fingerprint density at radius 2 is 1.32 bits per heavy atom. The maximum atomic E-state index is 17.4. The number of hydrogen-bond donors (Lipinski definition) is 7. The molecule has 0 aliphatic rings. The second-order valence-corrected chi connectivity index (χ2v) is 17.9. The molecule has 2 amide bonds. The first-order valence-corrected chi connectivity index (χ1v) is 19.4. The molecule has 16 nitrogen and oxygen atoms in total. The van der Waals surface area contributed by atoms with E-state index in [1.165, 1.54) is 40.2 Å². The zero-order chi connectivity index (χ0) is 43.6. The van der Waals surface area contributed by atoms with Crippen LogP contribution in [0.4, 0.5) is 4.39 Å². The van der Waals surface area contributed by atoms with Gasteiger partial charge in [-0.15, -0.1) is 0 Å². The topological polar surface area (TPSA) is 271 Å². The maximum Gasteiger partial charge on any atom is 1.00 e. The SMILES string of the molecule is CC(C)NC(CCC(=O)[O-])C(=O)C(C)(C)C(C)(C)NC(CCC(=O)NC(Cc1cnc[nH]1)C(N)=O)C(=O)C(C)(F)C(C)(C)NC(CCC(=O)P)C(=O)C(C)(C)N.[Na+]. The van der Waals surface area contributed by atoms with Gasteiger partial charge >= 0.3 is 29.6 Å². The number of nitrogens with zero attached hydrogens (tertiary/aromatic N) is 1. The average molecular weight is 835 g/mol. The predicted molar refractivity (Wildman–Crippen MR) is 211 cm³/mol. The van der Waals surface area contributed by atoms with E-state index in [-0.39, 0.29) is 91.9 Å². The molecule has 0 spiro atoms. The molecule has 0 aliphatic heterocycles. The number of ketones is 3. The van der Waals surface area contributed by atoms with Crippen LogP contribution < -0.4 is 67.4 Å². The summed E-state index contributed by atoms with van der Waals surface area (Å²) in [5, 5.41) is 23.1. The van der Waals surface area contributed by atoms with Crippen LogP contribution in [0.2, 0.25) is 0 Å². The van der Waals surface area contributed by atoms with Crippen molar-refractivity contribution in [2.24, 2.45) is 16.9 Å². The maximum absolute atomic E-state index is 17.4. The Labute approximate surface area is 360 Å². The molecular weight excluding hydrogens is 769 g/mol. The number of imidazole rings is 1. The van der Waals surface area contributed by atoms with Crippen LogP contribution in [0.25, 0.3) is 0 Å². The Bertz CT molecular complexity index is 1560. The van der Waals surface area contributed by atoms with Crippen molar-refractivity contribution in [2.45, 2.75) is 174 Å². The molecule has 1 heterocycles. The molecule has 0 saturated heterocycles. The smallest absolute Gasteiger partial charge is 0.550 e. The number of carbonyl (C=O) groups excluding carboxylic acids is 7. The van der Waals surface area contributed by atoms with Crippen molar-refractivity contribution in [1.29, 1.82) is 0 Å². The summed E-state index contributed by atoms with van der Waals surface area (Å²) in [4.78, 5) is 97.6. The molecule has 1 aromatic heterocycles. The number of hydrogen-bond acceptors (Lipinski definition) is 13. The van der Waals surface area contributed by atoms with Gasteiger partial charge in [-0.1, -0.05) is 36.9 Å². The number of halogens is 1. The molecule has 6 unspecified atom stereocenters. The third-order valence-corrected chi connectivity index (χ3v) is 10.9. The number of nitrogens with two attached hydrogens (primary N) is 2. The van der Waals surface area contributed by atoms with Gasteiger partial charge in [-0.25, -0.2) is 9.37 Å². The van der Waals surface area contributed by atoms with Crippen molar-refractivity contribution in [1.82, 2.24) is 31.2 Å². The van der Waals surface area contributed by atoms with Crippen LogP contribution in [-0.4, -0.2) is 103 Å². The van der Waals surface area contributed by atoms with Gasteiger partial charge < -0.3 is 42.3 Å². The third-order valence-electron chi connectivity index (χ3n) is 10.6. The summed E-state index contributed by atoms with van der Waals surface area (Å²) in [6, 6.07) is -4.79. The number of alkyl halides is 1. The zero-order valence-electron chi connectivity index (χ0n) is 35.8. The Balaban J connectivity index is 0.0000314. The Kier molecular flexibility index (Phi) is 21.2. The number of Topliss-reactive ketones (excluding diaryl/α,β-unsaturated/α-hetero) is 3. The number of carboxylic acid groups (broad SMARTS) is 1. The van der Waals surface area contributed by atoms with Crippen molar-refractivity contribution in [3.05, 3.63) is 18.2 Å². The molecule has 1 rings (SSSR count). The standard InChI is InChI=1S/C38H66FN8O8P.Na/c1-21(2)44-23(13-16-28(49)50)30(52)34(3,4)36(7,8)46-25(12-15-27(48)45-26(33(40)55)18-22-19-42-20-43-22)32(54)38(11,39)37(9,10)47-24(14-17-29(51)56)31(53)35(5,6)41;/h19-21,23-26,44,46-47H,12-18,41,56H2,1-11H3,(H2,40,55)(H,42,43)(H,45,48)(H,49,50);/q;+1/p-1. The van der Waals surface area contributed by atoms with E-state index in [0.29, 0.717) is 5.69 Å². The Morgan fingerprint density at radius 1 is 0.807 bits per heavy atom. The third kappa shape index (κ3) is 16.2. The number of aromatic nitrogens is 2. The van der Waals surface area contributed by atoms with Gasteiger partial charge in [0.1, 0.15) is 11.6 Å². The molecule has 0 aliphatic carbocycles. The second-order valence-electron chi connectivity index (χ2n) is 17.2. The van der Waals surface area contributed by atoms with Gasteiger partial charge in [0, 0.05) is 54.1 Å². The van der Waals surface area contributed by atoms with Crippen LogP contribution in [0, 0.1) is 5.41 Å². The van der Waals surface area contributed by atoms with Crippen molar-refractivity contribution >= 4 is 49.9 Å². The number of primary amides is 1. The van der Waals surface area contributed by atoms with Gasteiger partial charge in [0.2, 0.25) is 11.8 Å². The van der Waals surface area contributed by atoms with E-state index in [9.17, 15) is 38.7 Å². The quantitative estimate of drug-likeness (QED) is 0.0356. The molecule has 1 aromatic rings. The molecule has 0 saturated carbocycles. The minimum Gasteiger partial charge on any atom is -0.550 e. The van der Waals surface area contributed by atoms with Gasteiger partial charge in [0.15, 0.2) is 23.0 Å². The summed E-state index contributed by atoms with van der Waals surface area (Å²) in [6.07, 6.45) is 1.67. The molecule has 6 atom stereocenters. The van der Waals surface area contributed by atoms with E-state index in [1.807, 2.05) is 9.24 Å². The summed E-state index contributed by atoms with van der Waals surface area (Å²) in [7, 11) is 2.02. The van der Waals surface area contributed by atoms with Gasteiger partial charge in [0.05, 0.1) is 35.5 Å². The van der Waals surface area contributed by atoms with Crippen LogP contribution in [-0.2, 0) is 40.0 Å². The number of nitrogens with one attached hydrogen (secondary N) is 5. The first-order chi connectivity index (χ1) is 25.4. The Morgan fingerprint density at radius 3 is 1.77 bits per heavy atom. The predicted octanol–water partition coefficient (Wildman–Crippen LogP) is -2.54. The van der Waals surface area contributed by atoms with Gasteiger partial charge in [0.25, 0.3) is 0 Å². The molecule has 19 heteroatoms. The normalized spacial score (nSPS) is 15.7. The van der Waals surface area contributed by atoms with Crippen LogP contribution in [0.15, 0.2) is 12.5 Å². The van der Waals surface area contributed by atoms with E-state index < -0.39 is 81.2 Å². The van der Waals surface area contributed by atoms with Gasteiger partial charge in [-0.05, 0) is 74.1 Å². The van der Waals surface area contributed by atoms with E-state index >= 15 is 4.39 Å². The number of aliphatic carboxylic acids is 1. The van der Waals surface area contributed by atoms with Crippen LogP contribution in [0.1, 0.15) is 120 Å². The number of carbonyl (C=O) groups is 7. The van der Waals surface area contributed by atoms with Crippen LogP contribution in [0.5, 0.6) is 0 Å². The first kappa shape index (κ1) is 54.5. The van der Waals surface area contributed by atoms with Crippen molar-refractivity contribution in [2.75, 3.05) is 0 Å². The molecule has 0 radical (unpaired) electrons. The number of H-pyrrole nitrogens is 1. The summed E-state index contributed by atoms with van der Waals surface area (Å²) in [5.74, 6) is -4.71. The van der Waals surface area contributed by atoms with E-state index in [2.05, 4.69) is 31.2 Å². The molecule has 0 fully saturated rings. The molecular formula is C38H65FN8NaO8P. The number of carboxylic acids is 1. The van der Waals surface area contributed by atoms with Crippen molar-refractivity contribution < 1.29 is 72.6 Å². The summed E-state index contributed by atoms with van der Waals surface area (Å²) >= 11 is 0. The van der Waals surface area contributed by atoms with Crippen molar-refractivity contribution in [3.8, 4) is 0 Å². The summed E-state index contributed by atoms with van der Waals surface area (Å²) in [5.41, 5.74) is 3.38. The fourth-order valence-electron chi connectivity index (χ4n) is 6.17. The monoisotopic (exact) mass is 834 g/mol. The number of rotatable bonds is 27. The minimum absolute atomic E-state index is 0. The van der Waals surface area contributed by atoms with Gasteiger partial charge in [-0.3, -0.25) is 34.1 Å². The van der Waals surface area contributed by atoms with Gasteiger partial charge in [-0.2, -0.15) is 0 Å². The molecule has 318 valence electrons. The largest absolute Gasteiger partial charge is 1.00 e. The number of aromatic amines is 1. The molecule has 0 bridgehead atoms. The summed E-state index contributed by atoms with van der Waals surface area (Å²) < 4.78 is 17.4. The average Bonchev–Trinajstić information content (AvgIpc) is 3.57. The first-order valence-electron chi connectivity index (χ1n) is 18.8. The zero-order valence-corrected chi connectivity index (χ0v) is 39.0. The molecule has 57 heavy (non-hydrogen) atoms. The fraction of sp³-hybridized carbons (Fsp3) is 0.737. The molecule has 9 N–H and O–H groups in total. The van der Waals surface area contributed by atoms with Crippen molar-refractivity contribution in [3.63, 3.8) is 0 Å². The van der Waals surface area contributed by atoms with E-state index in [4.69, 9.17) is 11.5 Å². The number of amides is 2. The molecule has 0 aromatic carbocycles. The fourth-order valence-corrected chi connectivity index (χ4v) is 6.34. The van der Waals surface area contributed by atoms with E-state index in [0.717, 1.165) is 6.92 Å². The summed E-state index contributed by atoms with van der Waals surface area (Å²) in [6.45, 7) is 16.9. The minimum atomic E-state index is -2.76.